The predicted molar refractivity (Wildman–Crippen MR) is 87.0 cm³/mol. The van der Waals surface area contributed by atoms with Crippen molar-refractivity contribution in [3.05, 3.63) is 58.9 Å². The number of benzene rings is 1. The van der Waals surface area contributed by atoms with Gasteiger partial charge in [0.25, 0.3) is 5.91 Å². The maximum atomic E-state index is 12.5. The normalized spacial score (nSPS) is 15.7. The van der Waals surface area contributed by atoms with Crippen LogP contribution in [0.15, 0.2) is 47.2 Å². The van der Waals surface area contributed by atoms with Crippen LogP contribution >= 0.6 is 0 Å². The van der Waals surface area contributed by atoms with Gasteiger partial charge in [-0.1, -0.05) is 18.2 Å². The standard InChI is InChI=1S/C17H15N3O3/c1-11-16(22)15(13(10-21)8-18-11)7-12-9-19-20(17(12)23)14-5-3-2-4-6-14/h2-9,21-22H,10H2,1H3/b12-7+. The van der Waals surface area contributed by atoms with E-state index in [0.29, 0.717) is 28.1 Å². The lowest BCUT2D eigenvalue weighted by molar-refractivity contribution is -0.114. The number of rotatable bonds is 3. The maximum Gasteiger partial charge on any atom is 0.280 e. The largest absolute Gasteiger partial charge is 0.505 e. The van der Waals surface area contributed by atoms with Gasteiger partial charge in [0.2, 0.25) is 0 Å². The summed E-state index contributed by atoms with van der Waals surface area (Å²) in [6, 6.07) is 9.07. The Balaban J connectivity index is 1.99. The molecule has 0 aliphatic carbocycles. The number of nitrogens with zero attached hydrogens (tertiary/aromatic N) is 3. The van der Waals surface area contributed by atoms with Gasteiger partial charge in [0.05, 0.1) is 29.8 Å². The number of hydrazone groups is 1. The Kier molecular flexibility index (Phi) is 3.91. The molecule has 0 fully saturated rings. The Labute approximate surface area is 133 Å². The number of anilines is 1. The number of aliphatic hydroxyl groups excluding tert-OH is 1. The molecule has 0 atom stereocenters. The minimum Gasteiger partial charge on any atom is -0.505 e. The number of amides is 1. The monoisotopic (exact) mass is 309 g/mol. The predicted octanol–water partition coefficient (Wildman–Crippen LogP) is 2.00. The summed E-state index contributed by atoms with van der Waals surface area (Å²) in [7, 11) is 0. The van der Waals surface area contributed by atoms with Gasteiger partial charge >= 0.3 is 0 Å². The lowest BCUT2D eigenvalue weighted by Crippen LogP contribution is -2.20. The van der Waals surface area contributed by atoms with Gasteiger partial charge in [-0.25, -0.2) is 0 Å². The minimum absolute atomic E-state index is 0.0524. The average molecular weight is 309 g/mol. The highest BCUT2D eigenvalue weighted by Gasteiger charge is 2.24. The first kappa shape index (κ1) is 14.9. The molecule has 1 aromatic carbocycles. The fourth-order valence-corrected chi connectivity index (χ4v) is 2.30. The summed E-state index contributed by atoms with van der Waals surface area (Å²) in [6.07, 6.45) is 4.43. The summed E-state index contributed by atoms with van der Waals surface area (Å²) in [5.74, 6) is -0.350. The molecule has 0 radical (unpaired) electrons. The maximum absolute atomic E-state index is 12.5. The van der Waals surface area contributed by atoms with Crippen molar-refractivity contribution in [1.82, 2.24) is 4.98 Å². The zero-order valence-corrected chi connectivity index (χ0v) is 12.5. The summed E-state index contributed by atoms with van der Waals surface area (Å²) in [6.45, 7) is 1.37. The first-order valence-corrected chi connectivity index (χ1v) is 7.05. The number of para-hydroxylation sites is 1. The van der Waals surface area contributed by atoms with Crippen LogP contribution in [0.4, 0.5) is 5.69 Å². The number of aromatic hydroxyl groups is 1. The van der Waals surface area contributed by atoms with Crippen LogP contribution in [0.25, 0.3) is 6.08 Å². The van der Waals surface area contributed by atoms with E-state index in [9.17, 15) is 15.0 Å². The quantitative estimate of drug-likeness (QED) is 0.849. The second-order valence-electron chi connectivity index (χ2n) is 5.09. The van der Waals surface area contributed by atoms with E-state index in [1.807, 2.05) is 18.2 Å². The lowest BCUT2D eigenvalue weighted by Gasteiger charge is -2.12. The van der Waals surface area contributed by atoms with Gasteiger partial charge in [-0.15, -0.1) is 0 Å². The van der Waals surface area contributed by atoms with E-state index >= 15 is 0 Å². The molecule has 0 saturated carbocycles. The summed E-state index contributed by atoms with van der Waals surface area (Å²) in [4.78, 5) is 16.5. The Bertz CT molecular complexity index is 813. The van der Waals surface area contributed by atoms with Crippen molar-refractivity contribution in [3.8, 4) is 5.75 Å². The van der Waals surface area contributed by atoms with Gasteiger partial charge < -0.3 is 10.2 Å². The fourth-order valence-electron chi connectivity index (χ4n) is 2.30. The summed E-state index contributed by atoms with van der Waals surface area (Å²) >= 11 is 0. The highest BCUT2D eigenvalue weighted by molar-refractivity contribution is 6.25. The number of aromatic nitrogens is 1. The molecule has 1 aliphatic rings. The van der Waals surface area contributed by atoms with Gasteiger partial charge in [0.15, 0.2) is 0 Å². The van der Waals surface area contributed by atoms with Crippen molar-refractivity contribution in [3.63, 3.8) is 0 Å². The smallest absolute Gasteiger partial charge is 0.280 e. The molecule has 1 aromatic heterocycles. The molecular weight excluding hydrogens is 294 g/mol. The summed E-state index contributed by atoms with van der Waals surface area (Å²) in [5, 5.41) is 24.9. The van der Waals surface area contributed by atoms with Crippen LogP contribution in [0.2, 0.25) is 0 Å². The molecule has 116 valence electrons. The fraction of sp³-hybridized carbons (Fsp3) is 0.118. The van der Waals surface area contributed by atoms with Gasteiger partial charge in [-0.2, -0.15) is 10.1 Å². The Hall–Kier alpha value is -2.99. The number of carbonyl (C=O) groups excluding carboxylic acids is 1. The molecule has 6 nitrogen and oxygen atoms in total. The molecule has 1 aliphatic heterocycles. The summed E-state index contributed by atoms with van der Waals surface area (Å²) < 4.78 is 0. The average Bonchev–Trinajstić information content (AvgIpc) is 2.94. The molecule has 23 heavy (non-hydrogen) atoms. The third-order valence-electron chi connectivity index (χ3n) is 3.58. The van der Waals surface area contributed by atoms with E-state index in [4.69, 9.17) is 0 Å². The van der Waals surface area contributed by atoms with Crippen LogP contribution in [-0.4, -0.2) is 27.3 Å². The van der Waals surface area contributed by atoms with E-state index in [1.165, 1.54) is 23.5 Å². The van der Waals surface area contributed by atoms with E-state index < -0.39 is 0 Å². The second-order valence-corrected chi connectivity index (χ2v) is 5.09. The third-order valence-corrected chi connectivity index (χ3v) is 3.58. The molecule has 3 rings (SSSR count). The van der Waals surface area contributed by atoms with Crippen molar-refractivity contribution in [2.45, 2.75) is 13.5 Å². The molecule has 6 heteroatoms. The van der Waals surface area contributed by atoms with Gasteiger partial charge in [0, 0.05) is 17.3 Å². The van der Waals surface area contributed by atoms with Gasteiger partial charge in [0.1, 0.15) is 5.75 Å². The highest BCUT2D eigenvalue weighted by Crippen LogP contribution is 2.28. The molecule has 2 aromatic rings. The molecule has 0 saturated heterocycles. The van der Waals surface area contributed by atoms with Crippen molar-refractivity contribution >= 4 is 23.9 Å². The van der Waals surface area contributed by atoms with E-state index in [-0.39, 0.29) is 18.3 Å². The topological polar surface area (TPSA) is 86.0 Å². The molecule has 1 amide bonds. The van der Waals surface area contributed by atoms with Crippen LogP contribution in [-0.2, 0) is 11.4 Å². The molecule has 2 heterocycles. The number of aliphatic hydroxyl groups is 1. The molecular formula is C17H15N3O3. The van der Waals surface area contributed by atoms with E-state index in [1.54, 1.807) is 19.1 Å². The van der Waals surface area contributed by atoms with Crippen molar-refractivity contribution < 1.29 is 15.0 Å². The van der Waals surface area contributed by atoms with Crippen LogP contribution in [0.5, 0.6) is 5.75 Å². The third kappa shape index (κ3) is 2.72. The first-order chi connectivity index (χ1) is 11.1. The highest BCUT2D eigenvalue weighted by atomic mass is 16.3. The lowest BCUT2D eigenvalue weighted by atomic mass is 10.0. The van der Waals surface area contributed by atoms with Gasteiger partial charge in [-0.05, 0) is 25.1 Å². The minimum atomic E-state index is -0.297. The Morgan fingerprint density at radius 3 is 2.70 bits per heavy atom. The molecule has 0 unspecified atom stereocenters. The summed E-state index contributed by atoms with van der Waals surface area (Å²) in [5.41, 5.74) is 2.24. The number of aryl methyl sites for hydroxylation is 1. The van der Waals surface area contributed by atoms with Crippen LogP contribution < -0.4 is 5.01 Å². The number of carbonyl (C=O) groups is 1. The van der Waals surface area contributed by atoms with Crippen molar-refractivity contribution in [2.24, 2.45) is 5.10 Å². The van der Waals surface area contributed by atoms with Crippen molar-refractivity contribution in [1.29, 1.82) is 0 Å². The molecule has 0 spiro atoms. The molecule has 0 bridgehead atoms. The number of pyridine rings is 1. The number of hydrogen-bond donors (Lipinski definition) is 2. The Morgan fingerprint density at radius 2 is 2.00 bits per heavy atom. The SMILES string of the molecule is Cc1ncc(CO)c(/C=C2\C=NN(c3ccccc3)C2=O)c1O. The number of hydrogen-bond acceptors (Lipinski definition) is 5. The first-order valence-electron chi connectivity index (χ1n) is 7.05. The van der Waals surface area contributed by atoms with Crippen LogP contribution in [0.1, 0.15) is 16.8 Å². The van der Waals surface area contributed by atoms with Gasteiger partial charge in [-0.3, -0.25) is 9.78 Å². The Morgan fingerprint density at radius 1 is 1.26 bits per heavy atom. The van der Waals surface area contributed by atoms with Crippen molar-refractivity contribution in [2.75, 3.05) is 5.01 Å². The van der Waals surface area contributed by atoms with E-state index in [2.05, 4.69) is 10.1 Å². The zero-order chi connectivity index (χ0) is 16.4. The molecule has 2 N–H and O–H groups in total. The van der Waals surface area contributed by atoms with Crippen LogP contribution in [0.3, 0.4) is 0 Å². The second kappa shape index (κ2) is 6.02. The van der Waals surface area contributed by atoms with E-state index in [0.717, 1.165) is 0 Å². The zero-order valence-electron chi connectivity index (χ0n) is 12.5. The van der Waals surface area contributed by atoms with Crippen LogP contribution in [0, 0.1) is 6.92 Å².